The number of hydrogen-bond acceptors (Lipinski definition) is 2. The molecule has 0 spiro atoms. The van der Waals surface area contributed by atoms with Gasteiger partial charge in [-0.05, 0) is 25.2 Å². The van der Waals surface area contributed by atoms with Crippen LogP contribution in [0.25, 0.3) is 0 Å². The maximum atomic E-state index is 11.3. The summed E-state index contributed by atoms with van der Waals surface area (Å²) >= 11 is 0. The van der Waals surface area contributed by atoms with E-state index in [0.717, 1.165) is 57.8 Å². The van der Waals surface area contributed by atoms with Gasteiger partial charge in [0, 0.05) is 0 Å². The molecule has 1 unspecified atom stereocenters. The summed E-state index contributed by atoms with van der Waals surface area (Å²) in [7, 11) is -4.40. The van der Waals surface area contributed by atoms with Crippen LogP contribution in [0, 0.1) is 5.92 Å². The fourth-order valence-corrected chi connectivity index (χ4v) is 3.40. The van der Waals surface area contributed by atoms with Gasteiger partial charge in [-0.2, -0.15) is 0 Å². The number of phosphoric ester groups is 1. The number of rotatable bonds is 14. The van der Waals surface area contributed by atoms with Crippen molar-refractivity contribution in [3.05, 3.63) is 0 Å². The van der Waals surface area contributed by atoms with Crippen molar-refractivity contribution in [2.75, 3.05) is 0 Å². The van der Waals surface area contributed by atoms with Gasteiger partial charge in [0.05, 0.1) is 6.10 Å². The monoisotopic (exact) mass is 322 g/mol. The molecule has 0 amide bonds. The molecule has 0 aromatic rings. The molecular formula is C16H35O4P. The Labute approximate surface area is 130 Å². The van der Waals surface area contributed by atoms with Crippen molar-refractivity contribution in [2.24, 2.45) is 5.92 Å². The van der Waals surface area contributed by atoms with Crippen molar-refractivity contribution in [3.8, 4) is 0 Å². The van der Waals surface area contributed by atoms with Crippen LogP contribution >= 0.6 is 7.82 Å². The Morgan fingerprint density at radius 3 is 1.76 bits per heavy atom. The Balaban J connectivity index is 4.60. The number of phosphoric acid groups is 1. The minimum atomic E-state index is -4.40. The van der Waals surface area contributed by atoms with Crippen LogP contribution in [-0.2, 0) is 9.09 Å². The van der Waals surface area contributed by atoms with Crippen LogP contribution in [0.5, 0.6) is 0 Å². The van der Waals surface area contributed by atoms with E-state index in [-0.39, 0.29) is 12.0 Å². The summed E-state index contributed by atoms with van der Waals surface area (Å²) in [6.07, 6.45) is 11.4. The van der Waals surface area contributed by atoms with Gasteiger partial charge >= 0.3 is 7.82 Å². The van der Waals surface area contributed by atoms with Crippen molar-refractivity contribution >= 4 is 7.82 Å². The van der Waals surface area contributed by atoms with Crippen LogP contribution in [0.1, 0.15) is 91.4 Å². The van der Waals surface area contributed by atoms with Gasteiger partial charge in [-0.1, -0.05) is 72.1 Å². The fraction of sp³-hybridized carbons (Fsp3) is 1.00. The second kappa shape index (κ2) is 12.6. The molecule has 2 N–H and O–H groups in total. The van der Waals surface area contributed by atoms with Crippen molar-refractivity contribution in [3.63, 3.8) is 0 Å². The molecule has 21 heavy (non-hydrogen) atoms. The lowest BCUT2D eigenvalue weighted by atomic mass is 9.88. The molecule has 0 heterocycles. The third-order valence-electron chi connectivity index (χ3n) is 4.00. The fourth-order valence-electron chi connectivity index (χ4n) is 2.77. The first-order valence-corrected chi connectivity index (χ1v) is 10.2. The van der Waals surface area contributed by atoms with Crippen molar-refractivity contribution in [1.82, 2.24) is 0 Å². The second-order valence-electron chi connectivity index (χ2n) is 6.03. The zero-order valence-electron chi connectivity index (χ0n) is 14.1. The van der Waals surface area contributed by atoms with E-state index in [9.17, 15) is 14.4 Å². The molecular weight excluding hydrogens is 287 g/mol. The van der Waals surface area contributed by atoms with E-state index < -0.39 is 7.82 Å². The van der Waals surface area contributed by atoms with Gasteiger partial charge in [0.25, 0.3) is 0 Å². The van der Waals surface area contributed by atoms with E-state index in [4.69, 9.17) is 4.52 Å². The predicted octanol–water partition coefficient (Wildman–Crippen LogP) is 5.43. The summed E-state index contributed by atoms with van der Waals surface area (Å²) in [6.45, 7) is 6.46. The van der Waals surface area contributed by atoms with Gasteiger partial charge in [0.1, 0.15) is 0 Å². The molecule has 0 saturated heterocycles. The lowest BCUT2D eigenvalue weighted by Gasteiger charge is -2.27. The van der Waals surface area contributed by atoms with Gasteiger partial charge in [-0.15, -0.1) is 0 Å². The third-order valence-corrected chi connectivity index (χ3v) is 4.54. The zero-order chi connectivity index (χ0) is 16.1. The Hall–Kier alpha value is 0.110. The summed E-state index contributed by atoms with van der Waals surface area (Å²) in [5.74, 6) is 0.277. The molecule has 0 aromatic carbocycles. The van der Waals surface area contributed by atoms with Gasteiger partial charge in [-0.3, -0.25) is 4.52 Å². The highest BCUT2D eigenvalue weighted by molar-refractivity contribution is 7.46. The third kappa shape index (κ3) is 12.3. The van der Waals surface area contributed by atoms with Crippen LogP contribution < -0.4 is 0 Å². The largest absolute Gasteiger partial charge is 0.469 e. The van der Waals surface area contributed by atoms with Crippen molar-refractivity contribution in [1.29, 1.82) is 0 Å². The highest BCUT2D eigenvalue weighted by atomic mass is 31.2. The molecule has 0 radical (unpaired) electrons. The summed E-state index contributed by atoms with van der Waals surface area (Å²) < 4.78 is 16.4. The van der Waals surface area contributed by atoms with E-state index in [1.807, 2.05) is 0 Å². The maximum Gasteiger partial charge on any atom is 0.469 e. The highest BCUT2D eigenvalue weighted by Gasteiger charge is 2.28. The topological polar surface area (TPSA) is 66.8 Å². The minimum Gasteiger partial charge on any atom is -0.303 e. The SMILES string of the molecule is CCCCCCC(OP(=O)(O)O)C(CCCC)CCCC. The molecule has 0 aliphatic carbocycles. The zero-order valence-corrected chi connectivity index (χ0v) is 15.0. The predicted molar refractivity (Wildman–Crippen MR) is 88.2 cm³/mol. The molecule has 0 fully saturated rings. The molecule has 0 aromatic heterocycles. The van der Waals surface area contributed by atoms with Crippen LogP contribution in [-0.4, -0.2) is 15.9 Å². The summed E-state index contributed by atoms with van der Waals surface area (Å²) in [6, 6.07) is 0. The Kier molecular flexibility index (Phi) is 12.7. The number of hydrogen-bond donors (Lipinski definition) is 2. The molecule has 4 nitrogen and oxygen atoms in total. The Morgan fingerprint density at radius 1 is 0.810 bits per heavy atom. The van der Waals surface area contributed by atoms with Gasteiger partial charge in [0.2, 0.25) is 0 Å². The average Bonchev–Trinajstić information content (AvgIpc) is 2.41. The second-order valence-corrected chi connectivity index (χ2v) is 7.22. The van der Waals surface area contributed by atoms with Crippen LogP contribution in [0.3, 0.4) is 0 Å². The summed E-state index contributed by atoms with van der Waals surface area (Å²) in [4.78, 5) is 18.4. The first-order chi connectivity index (χ1) is 9.94. The molecule has 128 valence electrons. The number of unbranched alkanes of at least 4 members (excludes halogenated alkanes) is 5. The minimum absolute atomic E-state index is 0.277. The first kappa shape index (κ1) is 21.1. The standard InChI is InChI=1S/C16H35O4P/c1-4-7-10-11-14-16(20-21(17,18)19)15(12-8-5-2)13-9-6-3/h15-16H,4-14H2,1-3H3,(H2,17,18,19). The first-order valence-electron chi connectivity index (χ1n) is 8.68. The highest BCUT2D eigenvalue weighted by Crippen LogP contribution is 2.42. The van der Waals surface area contributed by atoms with Crippen molar-refractivity contribution < 1.29 is 18.9 Å². The molecule has 0 saturated carbocycles. The molecule has 0 aliphatic heterocycles. The van der Waals surface area contributed by atoms with Crippen LogP contribution in [0.4, 0.5) is 0 Å². The Bertz CT molecular complexity index is 269. The maximum absolute atomic E-state index is 11.3. The van der Waals surface area contributed by atoms with E-state index in [0.29, 0.717) is 0 Å². The summed E-state index contributed by atoms with van der Waals surface area (Å²) in [5.41, 5.74) is 0. The van der Waals surface area contributed by atoms with E-state index in [1.165, 1.54) is 12.8 Å². The molecule has 1 atom stereocenters. The lowest BCUT2D eigenvalue weighted by Crippen LogP contribution is -2.23. The van der Waals surface area contributed by atoms with E-state index in [2.05, 4.69) is 20.8 Å². The lowest BCUT2D eigenvalue weighted by molar-refractivity contribution is 0.0698. The quantitative estimate of drug-likeness (QED) is 0.330. The normalized spacial score (nSPS) is 13.8. The van der Waals surface area contributed by atoms with Crippen LogP contribution in [0.2, 0.25) is 0 Å². The molecule has 5 heteroatoms. The Morgan fingerprint density at radius 2 is 1.33 bits per heavy atom. The van der Waals surface area contributed by atoms with Crippen LogP contribution in [0.15, 0.2) is 0 Å². The van der Waals surface area contributed by atoms with E-state index in [1.54, 1.807) is 0 Å². The van der Waals surface area contributed by atoms with Gasteiger partial charge in [-0.25, -0.2) is 4.57 Å². The smallest absolute Gasteiger partial charge is 0.303 e. The average molecular weight is 322 g/mol. The summed E-state index contributed by atoms with van der Waals surface area (Å²) in [5, 5.41) is 0. The molecule has 0 aliphatic rings. The van der Waals surface area contributed by atoms with Gasteiger partial charge in [0.15, 0.2) is 0 Å². The van der Waals surface area contributed by atoms with Gasteiger partial charge < -0.3 is 9.79 Å². The molecule has 0 rings (SSSR count). The van der Waals surface area contributed by atoms with Crippen molar-refractivity contribution in [2.45, 2.75) is 97.5 Å². The molecule has 0 bridgehead atoms. The van der Waals surface area contributed by atoms with E-state index >= 15 is 0 Å².